The Morgan fingerprint density at radius 1 is 1.30 bits per heavy atom. The molecule has 1 rings (SSSR count). The highest BCUT2D eigenvalue weighted by Gasteiger charge is 2.19. The van der Waals surface area contributed by atoms with E-state index in [2.05, 4.69) is 19.2 Å². The number of halogens is 2. The van der Waals surface area contributed by atoms with Gasteiger partial charge in [0.05, 0.1) is 0 Å². The molecule has 0 spiro atoms. The van der Waals surface area contributed by atoms with E-state index in [-0.39, 0.29) is 6.04 Å². The molecule has 0 saturated heterocycles. The lowest BCUT2D eigenvalue weighted by molar-refractivity contribution is -0.139. The fourth-order valence-electron chi connectivity index (χ4n) is 2.16. The maximum atomic E-state index is 11.0. The van der Waals surface area contributed by atoms with Gasteiger partial charge in [0.25, 0.3) is 0 Å². The highest BCUT2D eigenvalue weighted by Crippen LogP contribution is 2.23. The molecule has 0 saturated carbocycles. The number of carboxylic acids is 1. The molecular weight excluding hydrogens is 297 g/mol. The second-order valence-electron chi connectivity index (χ2n) is 5.49. The molecular formula is C15H21Cl2NO2. The first kappa shape index (κ1) is 17.3. The maximum absolute atomic E-state index is 11.0. The lowest BCUT2D eigenvalue weighted by atomic mass is 9.96. The van der Waals surface area contributed by atoms with Crippen molar-refractivity contribution in [3.05, 3.63) is 33.8 Å². The van der Waals surface area contributed by atoms with Crippen LogP contribution in [-0.4, -0.2) is 23.2 Å². The van der Waals surface area contributed by atoms with Crippen LogP contribution in [0.2, 0.25) is 10.0 Å². The molecule has 2 atom stereocenters. The molecule has 1 aromatic carbocycles. The van der Waals surface area contributed by atoms with Crippen molar-refractivity contribution in [3.8, 4) is 0 Å². The molecule has 0 aromatic heterocycles. The number of carboxylic acid groups (broad SMARTS) is 1. The van der Waals surface area contributed by atoms with E-state index in [4.69, 9.17) is 28.3 Å². The molecule has 0 aliphatic carbocycles. The number of nitrogens with one attached hydrogen (secondary N) is 1. The van der Waals surface area contributed by atoms with Gasteiger partial charge in [-0.1, -0.05) is 43.1 Å². The van der Waals surface area contributed by atoms with Crippen LogP contribution in [0.15, 0.2) is 18.2 Å². The molecule has 0 amide bonds. The third-order valence-electron chi connectivity index (χ3n) is 3.09. The van der Waals surface area contributed by atoms with Gasteiger partial charge in [-0.25, -0.2) is 0 Å². The summed E-state index contributed by atoms with van der Waals surface area (Å²) < 4.78 is 0. The first-order chi connectivity index (χ1) is 9.29. The summed E-state index contributed by atoms with van der Waals surface area (Å²) in [5, 5.41) is 13.4. The Labute approximate surface area is 130 Å². The summed E-state index contributed by atoms with van der Waals surface area (Å²) in [6.07, 6.45) is 1.57. The Kier molecular flexibility index (Phi) is 6.80. The Morgan fingerprint density at radius 3 is 2.45 bits per heavy atom. The van der Waals surface area contributed by atoms with Crippen LogP contribution in [0.1, 0.15) is 32.8 Å². The van der Waals surface area contributed by atoms with Gasteiger partial charge in [0.15, 0.2) is 0 Å². The van der Waals surface area contributed by atoms with Crippen LogP contribution in [0, 0.1) is 5.92 Å². The third kappa shape index (κ3) is 5.70. The molecule has 0 bridgehead atoms. The number of hydrogen-bond acceptors (Lipinski definition) is 2. The summed E-state index contributed by atoms with van der Waals surface area (Å²) in [6.45, 7) is 5.88. The minimum absolute atomic E-state index is 0.0692. The lowest BCUT2D eigenvalue weighted by Crippen LogP contribution is -2.43. The van der Waals surface area contributed by atoms with Crippen molar-refractivity contribution in [2.75, 3.05) is 0 Å². The quantitative estimate of drug-likeness (QED) is 0.798. The van der Waals surface area contributed by atoms with Crippen LogP contribution in [-0.2, 0) is 11.2 Å². The number of rotatable bonds is 7. The van der Waals surface area contributed by atoms with Gasteiger partial charge >= 0.3 is 5.97 Å². The van der Waals surface area contributed by atoms with Crippen molar-refractivity contribution >= 4 is 29.2 Å². The predicted octanol–water partition coefficient (Wildman–Crippen LogP) is 4.01. The number of hydrogen-bond donors (Lipinski definition) is 2. The van der Waals surface area contributed by atoms with Crippen molar-refractivity contribution in [3.63, 3.8) is 0 Å². The molecule has 1 aromatic rings. The second kappa shape index (κ2) is 7.87. The summed E-state index contributed by atoms with van der Waals surface area (Å²) >= 11 is 12.1. The molecule has 2 N–H and O–H groups in total. The molecule has 0 aliphatic rings. The first-order valence-corrected chi connectivity index (χ1v) is 7.48. The van der Waals surface area contributed by atoms with E-state index >= 15 is 0 Å². The van der Waals surface area contributed by atoms with Gasteiger partial charge in [-0.05, 0) is 43.4 Å². The molecule has 3 nitrogen and oxygen atoms in total. The zero-order valence-electron chi connectivity index (χ0n) is 12.0. The van der Waals surface area contributed by atoms with E-state index in [0.29, 0.717) is 22.4 Å². The SMILES string of the molecule is CC(C)CC(Cc1ccc(Cl)cc1Cl)N[C@@H](C)C(=O)O. The minimum atomic E-state index is -0.846. The Balaban J connectivity index is 2.80. The Bertz CT molecular complexity index is 463. The topological polar surface area (TPSA) is 49.3 Å². The van der Waals surface area contributed by atoms with Crippen molar-refractivity contribution < 1.29 is 9.90 Å². The van der Waals surface area contributed by atoms with E-state index in [1.807, 2.05) is 6.07 Å². The van der Waals surface area contributed by atoms with Crippen LogP contribution in [0.5, 0.6) is 0 Å². The molecule has 1 unspecified atom stereocenters. The zero-order chi connectivity index (χ0) is 15.3. The average molecular weight is 318 g/mol. The van der Waals surface area contributed by atoms with Crippen LogP contribution < -0.4 is 5.32 Å². The summed E-state index contributed by atoms with van der Waals surface area (Å²) in [5.74, 6) is -0.375. The molecule has 0 aliphatic heterocycles. The van der Waals surface area contributed by atoms with E-state index < -0.39 is 12.0 Å². The van der Waals surface area contributed by atoms with Gasteiger partial charge in [-0.15, -0.1) is 0 Å². The number of aliphatic carboxylic acids is 1. The molecule has 20 heavy (non-hydrogen) atoms. The summed E-state index contributed by atoms with van der Waals surface area (Å²) in [6, 6.07) is 4.90. The monoisotopic (exact) mass is 317 g/mol. The number of benzene rings is 1. The van der Waals surface area contributed by atoms with Crippen LogP contribution in [0.25, 0.3) is 0 Å². The smallest absolute Gasteiger partial charge is 0.320 e. The molecule has 0 heterocycles. The highest BCUT2D eigenvalue weighted by molar-refractivity contribution is 6.35. The van der Waals surface area contributed by atoms with E-state index in [9.17, 15) is 4.79 Å². The molecule has 0 fully saturated rings. The van der Waals surface area contributed by atoms with E-state index in [1.165, 1.54) is 0 Å². The van der Waals surface area contributed by atoms with Gasteiger partial charge in [0, 0.05) is 16.1 Å². The first-order valence-electron chi connectivity index (χ1n) is 6.72. The normalized spacial score (nSPS) is 14.3. The molecule has 0 radical (unpaired) electrons. The Morgan fingerprint density at radius 2 is 1.95 bits per heavy atom. The second-order valence-corrected chi connectivity index (χ2v) is 6.34. The van der Waals surface area contributed by atoms with Crippen molar-refractivity contribution in [2.24, 2.45) is 5.92 Å². The van der Waals surface area contributed by atoms with E-state index in [0.717, 1.165) is 12.0 Å². The molecule has 112 valence electrons. The Hall–Kier alpha value is -0.770. The number of carbonyl (C=O) groups is 1. The zero-order valence-corrected chi connectivity index (χ0v) is 13.5. The van der Waals surface area contributed by atoms with Crippen LogP contribution in [0.3, 0.4) is 0 Å². The standard InChI is InChI=1S/C15H21Cl2NO2/c1-9(2)6-13(18-10(3)15(19)20)7-11-4-5-12(16)8-14(11)17/h4-5,8-10,13,18H,6-7H2,1-3H3,(H,19,20)/t10-,13?/m0/s1. The van der Waals surface area contributed by atoms with Crippen LogP contribution >= 0.6 is 23.2 Å². The predicted molar refractivity (Wildman–Crippen MR) is 83.6 cm³/mol. The molecule has 5 heteroatoms. The minimum Gasteiger partial charge on any atom is -0.480 e. The van der Waals surface area contributed by atoms with Gasteiger partial charge in [0.2, 0.25) is 0 Å². The fourth-order valence-corrected chi connectivity index (χ4v) is 2.64. The van der Waals surface area contributed by atoms with Crippen LogP contribution in [0.4, 0.5) is 0 Å². The third-order valence-corrected chi connectivity index (χ3v) is 3.68. The van der Waals surface area contributed by atoms with Gasteiger partial charge in [-0.3, -0.25) is 4.79 Å². The highest BCUT2D eigenvalue weighted by atomic mass is 35.5. The van der Waals surface area contributed by atoms with Gasteiger partial charge in [0.1, 0.15) is 6.04 Å². The van der Waals surface area contributed by atoms with E-state index in [1.54, 1.807) is 19.1 Å². The van der Waals surface area contributed by atoms with Gasteiger partial charge in [-0.2, -0.15) is 0 Å². The average Bonchev–Trinajstić information content (AvgIpc) is 2.31. The lowest BCUT2D eigenvalue weighted by Gasteiger charge is -2.23. The summed E-state index contributed by atoms with van der Waals surface area (Å²) in [4.78, 5) is 11.0. The van der Waals surface area contributed by atoms with Crippen molar-refractivity contribution in [1.82, 2.24) is 5.32 Å². The largest absolute Gasteiger partial charge is 0.480 e. The maximum Gasteiger partial charge on any atom is 0.320 e. The van der Waals surface area contributed by atoms with Gasteiger partial charge < -0.3 is 10.4 Å². The summed E-state index contributed by atoms with van der Waals surface area (Å²) in [5.41, 5.74) is 0.979. The van der Waals surface area contributed by atoms with Crippen molar-refractivity contribution in [2.45, 2.75) is 45.7 Å². The fraction of sp³-hybridized carbons (Fsp3) is 0.533. The van der Waals surface area contributed by atoms with Crippen molar-refractivity contribution in [1.29, 1.82) is 0 Å². The summed E-state index contributed by atoms with van der Waals surface area (Å²) in [7, 11) is 0.